The highest BCUT2D eigenvalue weighted by atomic mass is 32.2. The zero-order chi connectivity index (χ0) is 13.1. The molecule has 4 nitrogen and oxygen atoms in total. The Morgan fingerprint density at radius 3 is 2.53 bits per heavy atom. The summed E-state index contributed by atoms with van der Waals surface area (Å²) in [5, 5.41) is 0. The third-order valence-electron chi connectivity index (χ3n) is 2.46. The maximum atomic E-state index is 12.2. The molecule has 0 aliphatic carbocycles. The first-order chi connectivity index (χ1) is 7.87. The van der Waals surface area contributed by atoms with Crippen LogP contribution < -0.4 is 5.73 Å². The molecular weight excluding hydrogens is 236 g/mol. The fraction of sp³-hybridized carbons (Fsp3) is 0.500. The number of rotatable bonds is 5. The number of sulfonamides is 1. The van der Waals surface area contributed by atoms with E-state index in [-0.39, 0.29) is 0 Å². The Kier molecular flexibility index (Phi) is 4.68. The van der Waals surface area contributed by atoms with Crippen molar-refractivity contribution in [2.45, 2.75) is 25.3 Å². The van der Waals surface area contributed by atoms with Crippen molar-refractivity contribution in [3.63, 3.8) is 0 Å². The predicted molar refractivity (Wildman–Crippen MR) is 69.0 cm³/mol. The maximum Gasteiger partial charge on any atom is 0.242 e. The van der Waals surface area contributed by atoms with E-state index in [4.69, 9.17) is 5.73 Å². The van der Waals surface area contributed by atoms with Crippen LogP contribution in [-0.2, 0) is 16.6 Å². The van der Waals surface area contributed by atoms with Crippen LogP contribution in [0.3, 0.4) is 0 Å². The van der Waals surface area contributed by atoms with E-state index in [9.17, 15) is 8.42 Å². The van der Waals surface area contributed by atoms with Crippen LogP contribution in [0.1, 0.15) is 19.4 Å². The summed E-state index contributed by atoms with van der Waals surface area (Å²) in [6.45, 7) is 4.83. The lowest BCUT2D eigenvalue weighted by molar-refractivity contribution is 0.417. The number of nitrogens with two attached hydrogens (primary N) is 1. The number of hydrogen-bond acceptors (Lipinski definition) is 3. The summed E-state index contributed by atoms with van der Waals surface area (Å²) in [5.74, 6) is 0.299. The molecule has 1 rings (SSSR count). The highest BCUT2D eigenvalue weighted by molar-refractivity contribution is 7.89. The standard InChI is InChI=1S/C12H20N2O2S/c1-10(2)9-14(3)17(15,16)12-6-4-5-11(7-12)8-13/h4-7,10H,8-9,13H2,1-3H3. The molecule has 0 aromatic heterocycles. The molecule has 5 heteroatoms. The van der Waals surface area contributed by atoms with Crippen LogP contribution in [-0.4, -0.2) is 26.3 Å². The molecule has 0 saturated heterocycles. The lowest BCUT2D eigenvalue weighted by atomic mass is 10.2. The molecule has 0 bridgehead atoms. The van der Waals surface area contributed by atoms with Crippen molar-refractivity contribution in [1.82, 2.24) is 4.31 Å². The van der Waals surface area contributed by atoms with Crippen LogP contribution >= 0.6 is 0 Å². The zero-order valence-corrected chi connectivity index (χ0v) is 11.4. The second kappa shape index (κ2) is 5.62. The van der Waals surface area contributed by atoms with Crippen LogP contribution in [0.5, 0.6) is 0 Å². The Labute approximate surface area is 103 Å². The summed E-state index contributed by atoms with van der Waals surface area (Å²) in [6, 6.07) is 6.78. The van der Waals surface area contributed by atoms with Gasteiger partial charge in [0, 0.05) is 20.1 Å². The van der Waals surface area contributed by atoms with Crippen molar-refractivity contribution >= 4 is 10.0 Å². The lowest BCUT2D eigenvalue weighted by Gasteiger charge is -2.19. The molecule has 0 saturated carbocycles. The van der Waals surface area contributed by atoms with Crippen LogP contribution in [0, 0.1) is 5.92 Å². The molecule has 17 heavy (non-hydrogen) atoms. The largest absolute Gasteiger partial charge is 0.326 e. The molecule has 96 valence electrons. The molecular formula is C12H20N2O2S. The van der Waals surface area contributed by atoms with Gasteiger partial charge in [-0.25, -0.2) is 12.7 Å². The van der Waals surface area contributed by atoms with E-state index in [1.165, 1.54) is 4.31 Å². The lowest BCUT2D eigenvalue weighted by Crippen LogP contribution is -2.30. The van der Waals surface area contributed by atoms with E-state index in [0.717, 1.165) is 5.56 Å². The smallest absolute Gasteiger partial charge is 0.242 e. The van der Waals surface area contributed by atoms with Gasteiger partial charge in [-0.3, -0.25) is 0 Å². The quantitative estimate of drug-likeness (QED) is 0.866. The van der Waals surface area contributed by atoms with E-state index in [1.54, 1.807) is 25.2 Å². The Balaban J connectivity index is 3.04. The average molecular weight is 256 g/mol. The van der Waals surface area contributed by atoms with Gasteiger partial charge in [0.2, 0.25) is 10.0 Å². The van der Waals surface area contributed by atoms with Gasteiger partial charge in [0.15, 0.2) is 0 Å². The Bertz CT molecular complexity index is 469. The summed E-state index contributed by atoms with van der Waals surface area (Å²) in [4.78, 5) is 0.309. The molecule has 1 aromatic rings. The molecule has 1 aromatic carbocycles. The normalized spacial score (nSPS) is 12.4. The molecule has 0 aliphatic heterocycles. The second-order valence-electron chi connectivity index (χ2n) is 4.53. The van der Waals surface area contributed by atoms with Gasteiger partial charge in [-0.15, -0.1) is 0 Å². The van der Waals surface area contributed by atoms with Crippen molar-refractivity contribution in [3.05, 3.63) is 29.8 Å². The van der Waals surface area contributed by atoms with Crippen LogP contribution in [0.2, 0.25) is 0 Å². The van der Waals surface area contributed by atoms with Gasteiger partial charge in [0.1, 0.15) is 0 Å². The van der Waals surface area contributed by atoms with Crippen molar-refractivity contribution in [2.24, 2.45) is 11.7 Å². The minimum atomic E-state index is -3.39. The van der Waals surface area contributed by atoms with E-state index in [1.807, 2.05) is 19.9 Å². The maximum absolute atomic E-state index is 12.2. The first-order valence-electron chi connectivity index (χ1n) is 5.63. The summed E-state index contributed by atoms with van der Waals surface area (Å²) >= 11 is 0. The highest BCUT2D eigenvalue weighted by Gasteiger charge is 2.21. The van der Waals surface area contributed by atoms with Gasteiger partial charge in [0.05, 0.1) is 4.90 Å². The van der Waals surface area contributed by atoms with Crippen molar-refractivity contribution < 1.29 is 8.42 Å². The zero-order valence-electron chi connectivity index (χ0n) is 10.6. The minimum absolute atomic E-state index is 0.299. The number of nitrogens with zero attached hydrogens (tertiary/aromatic N) is 1. The molecule has 0 spiro atoms. The molecule has 0 heterocycles. The highest BCUT2D eigenvalue weighted by Crippen LogP contribution is 2.16. The van der Waals surface area contributed by atoms with Gasteiger partial charge < -0.3 is 5.73 Å². The van der Waals surface area contributed by atoms with Gasteiger partial charge in [-0.05, 0) is 23.6 Å². The fourth-order valence-corrected chi connectivity index (χ4v) is 3.03. The van der Waals surface area contributed by atoms with E-state index in [0.29, 0.717) is 23.9 Å². The number of benzene rings is 1. The predicted octanol–water partition coefficient (Wildman–Crippen LogP) is 1.42. The summed E-state index contributed by atoms with van der Waals surface area (Å²) in [7, 11) is -1.79. The third-order valence-corrected chi connectivity index (χ3v) is 4.28. The van der Waals surface area contributed by atoms with Gasteiger partial charge >= 0.3 is 0 Å². The van der Waals surface area contributed by atoms with Gasteiger partial charge in [0.25, 0.3) is 0 Å². The van der Waals surface area contributed by atoms with E-state index >= 15 is 0 Å². The Morgan fingerprint density at radius 2 is 2.00 bits per heavy atom. The summed E-state index contributed by atoms with van der Waals surface area (Å²) in [6.07, 6.45) is 0. The van der Waals surface area contributed by atoms with Crippen molar-refractivity contribution in [1.29, 1.82) is 0 Å². The topological polar surface area (TPSA) is 63.4 Å². The molecule has 0 aliphatic rings. The molecule has 0 atom stereocenters. The van der Waals surface area contributed by atoms with E-state index in [2.05, 4.69) is 0 Å². The van der Waals surface area contributed by atoms with Crippen LogP contribution in [0.4, 0.5) is 0 Å². The molecule has 0 amide bonds. The third kappa shape index (κ3) is 3.52. The molecule has 2 N–H and O–H groups in total. The summed E-state index contributed by atoms with van der Waals surface area (Å²) < 4.78 is 25.8. The monoisotopic (exact) mass is 256 g/mol. The summed E-state index contributed by atoms with van der Waals surface area (Å²) in [5.41, 5.74) is 6.33. The second-order valence-corrected chi connectivity index (χ2v) is 6.58. The van der Waals surface area contributed by atoms with Gasteiger partial charge in [-0.2, -0.15) is 0 Å². The SMILES string of the molecule is CC(C)CN(C)S(=O)(=O)c1cccc(CN)c1. The molecule has 0 fully saturated rings. The molecule has 0 radical (unpaired) electrons. The van der Waals surface area contributed by atoms with Crippen LogP contribution in [0.15, 0.2) is 29.2 Å². The number of hydrogen-bond donors (Lipinski definition) is 1. The Hall–Kier alpha value is -0.910. The van der Waals surface area contributed by atoms with Crippen LogP contribution in [0.25, 0.3) is 0 Å². The fourth-order valence-electron chi connectivity index (χ4n) is 1.63. The first kappa shape index (κ1) is 14.2. The first-order valence-corrected chi connectivity index (χ1v) is 7.07. The van der Waals surface area contributed by atoms with Gasteiger partial charge in [-0.1, -0.05) is 26.0 Å². The van der Waals surface area contributed by atoms with Crippen molar-refractivity contribution in [3.8, 4) is 0 Å². The minimum Gasteiger partial charge on any atom is -0.326 e. The van der Waals surface area contributed by atoms with E-state index < -0.39 is 10.0 Å². The molecule has 0 unspecified atom stereocenters. The van der Waals surface area contributed by atoms with Crippen molar-refractivity contribution in [2.75, 3.05) is 13.6 Å². The Morgan fingerprint density at radius 1 is 1.35 bits per heavy atom. The average Bonchev–Trinajstić information content (AvgIpc) is 2.28.